The second kappa shape index (κ2) is 2.63. The Hall–Kier alpha value is -0.870. The van der Waals surface area contributed by atoms with Crippen LogP contribution in [0.4, 0.5) is 0 Å². The molecule has 0 bridgehead atoms. The molecule has 3 aliphatic heterocycles. The van der Waals surface area contributed by atoms with E-state index in [1.165, 1.54) is 0 Å². The summed E-state index contributed by atoms with van der Waals surface area (Å²) in [6, 6.07) is 0. The molecule has 4 nitrogen and oxygen atoms in total. The number of fused-ring (bicyclic) bond motifs is 4. The van der Waals surface area contributed by atoms with Crippen LogP contribution in [0, 0.1) is 11.8 Å². The zero-order valence-corrected chi connectivity index (χ0v) is 11.3. The van der Waals surface area contributed by atoms with Crippen molar-refractivity contribution >= 4 is 5.97 Å². The third-order valence-corrected chi connectivity index (χ3v) is 6.46. The molecule has 4 heteroatoms. The van der Waals surface area contributed by atoms with Gasteiger partial charge in [-0.2, -0.15) is 0 Å². The van der Waals surface area contributed by atoms with Crippen molar-refractivity contribution in [3.63, 3.8) is 0 Å². The van der Waals surface area contributed by atoms with Gasteiger partial charge in [-0.15, -0.1) is 0 Å². The molecular weight excluding hydrogens is 244 g/mol. The monoisotopic (exact) mass is 262 g/mol. The van der Waals surface area contributed by atoms with E-state index in [4.69, 9.17) is 14.2 Å². The van der Waals surface area contributed by atoms with Gasteiger partial charge in [0.15, 0.2) is 0 Å². The lowest BCUT2D eigenvalue weighted by atomic mass is 9.76. The molecule has 3 heterocycles. The van der Waals surface area contributed by atoms with Crippen LogP contribution in [0.25, 0.3) is 0 Å². The first-order valence-electron chi connectivity index (χ1n) is 7.19. The molecule has 0 aromatic heterocycles. The Bertz CT molecular complexity index is 542. The van der Waals surface area contributed by atoms with Gasteiger partial charge in [-0.1, -0.05) is 6.58 Å². The van der Waals surface area contributed by atoms with Gasteiger partial charge in [0.1, 0.15) is 17.3 Å². The van der Waals surface area contributed by atoms with E-state index in [1.54, 1.807) is 0 Å². The maximum atomic E-state index is 11.9. The van der Waals surface area contributed by atoms with Gasteiger partial charge in [0.2, 0.25) is 0 Å². The first-order chi connectivity index (χ1) is 8.91. The van der Waals surface area contributed by atoms with E-state index in [0.29, 0.717) is 5.57 Å². The number of ether oxygens (including phenoxy) is 3. The van der Waals surface area contributed by atoms with Crippen LogP contribution in [0.5, 0.6) is 0 Å². The van der Waals surface area contributed by atoms with Crippen LogP contribution >= 0.6 is 0 Å². The number of epoxide rings is 2. The average molecular weight is 262 g/mol. The third kappa shape index (κ3) is 0.953. The van der Waals surface area contributed by atoms with Crippen LogP contribution in [0.2, 0.25) is 0 Å². The molecule has 5 aliphatic rings. The Morgan fingerprint density at radius 1 is 1.37 bits per heavy atom. The fraction of sp³-hybridized carbons (Fsp3) is 0.800. The van der Waals surface area contributed by atoms with E-state index in [9.17, 15) is 4.79 Å². The maximum absolute atomic E-state index is 11.9. The number of carbonyl (C=O) groups is 1. The molecule has 0 aromatic rings. The number of carbonyl (C=O) groups excluding carboxylic acids is 1. The Kier molecular flexibility index (Phi) is 1.51. The van der Waals surface area contributed by atoms with E-state index < -0.39 is 0 Å². The molecule has 5 fully saturated rings. The highest BCUT2D eigenvalue weighted by Crippen LogP contribution is 2.75. The average Bonchev–Trinajstić information content (AvgIpc) is 3.07. The van der Waals surface area contributed by atoms with Gasteiger partial charge in [0.25, 0.3) is 0 Å². The van der Waals surface area contributed by atoms with E-state index in [1.807, 2.05) is 0 Å². The van der Waals surface area contributed by atoms with E-state index in [0.717, 1.165) is 19.3 Å². The van der Waals surface area contributed by atoms with Crippen LogP contribution in [-0.4, -0.2) is 35.0 Å². The van der Waals surface area contributed by atoms with Gasteiger partial charge in [-0.3, -0.25) is 0 Å². The summed E-state index contributed by atoms with van der Waals surface area (Å²) >= 11 is 0. The minimum absolute atomic E-state index is 0.0471. The first-order valence-corrected chi connectivity index (χ1v) is 7.19. The summed E-state index contributed by atoms with van der Waals surface area (Å²) < 4.78 is 17.8. The third-order valence-electron chi connectivity index (χ3n) is 6.46. The van der Waals surface area contributed by atoms with Gasteiger partial charge in [0.05, 0.1) is 17.6 Å². The quantitative estimate of drug-likeness (QED) is 0.378. The normalized spacial score (nSPS) is 64.5. The van der Waals surface area contributed by atoms with E-state index in [-0.39, 0.29) is 46.8 Å². The molecule has 0 aromatic carbocycles. The minimum atomic E-state index is -0.220. The predicted octanol–water partition coefficient (Wildman–Crippen LogP) is 1.58. The number of esters is 1. The fourth-order valence-corrected chi connectivity index (χ4v) is 5.24. The van der Waals surface area contributed by atoms with Crippen molar-refractivity contribution < 1.29 is 19.0 Å². The Balaban J connectivity index is 1.65. The molecule has 0 N–H and O–H groups in total. The molecule has 0 radical (unpaired) electrons. The lowest BCUT2D eigenvalue weighted by Crippen LogP contribution is -2.43. The smallest absolute Gasteiger partial charge is 0.334 e. The zero-order valence-electron chi connectivity index (χ0n) is 11.3. The molecule has 0 amide bonds. The lowest BCUT2D eigenvalue weighted by molar-refractivity contribution is -0.144. The minimum Gasteiger partial charge on any atom is -0.458 e. The van der Waals surface area contributed by atoms with Crippen LogP contribution in [0.3, 0.4) is 0 Å². The summed E-state index contributed by atoms with van der Waals surface area (Å²) in [7, 11) is 0. The molecule has 3 saturated heterocycles. The molecule has 1 spiro atoms. The largest absolute Gasteiger partial charge is 0.458 e. The molecular formula is C15H18O4. The molecule has 7 atom stereocenters. The molecule has 0 unspecified atom stereocenters. The second-order valence-corrected chi connectivity index (χ2v) is 7.23. The zero-order chi connectivity index (χ0) is 13.2. The van der Waals surface area contributed by atoms with Crippen molar-refractivity contribution in [1.82, 2.24) is 0 Å². The molecule has 2 aliphatic carbocycles. The van der Waals surface area contributed by atoms with Crippen LogP contribution in [-0.2, 0) is 19.0 Å². The van der Waals surface area contributed by atoms with Crippen molar-refractivity contribution in [2.45, 2.75) is 62.1 Å². The maximum Gasteiger partial charge on any atom is 0.334 e. The molecule has 19 heavy (non-hydrogen) atoms. The Morgan fingerprint density at radius 3 is 2.95 bits per heavy atom. The highest BCUT2D eigenvalue weighted by molar-refractivity contribution is 5.91. The number of rotatable bonds is 0. The second-order valence-electron chi connectivity index (χ2n) is 7.23. The SMILES string of the molecule is C=C1C(=O)O[C@H]2[C@H]1CC[C@@]1(C)O[C@]13C[C@@H]1O[C@]1(C)[C@H]23. The highest BCUT2D eigenvalue weighted by atomic mass is 16.7. The standard InChI is InChI=1S/C15H18O4/c1-7-8-4-5-13(2)15(19-13)6-9-14(3,18-9)11(15)10(8)17-12(7)16/h8-11H,1,4-6H2,2-3H3/t8-,9-,10-,11-,13+,14-,15-/m0/s1. The summed E-state index contributed by atoms with van der Waals surface area (Å²) in [4.78, 5) is 11.9. The highest BCUT2D eigenvalue weighted by Gasteiger charge is 2.87. The summed E-state index contributed by atoms with van der Waals surface area (Å²) in [6.07, 6.45) is 3.07. The van der Waals surface area contributed by atoms with Gasteiger partial charge < -0.3 is 14.2 Å². The Labute approximate surface area is 112 Å². The van der Waals surface area contributed by atoms with Crippen molar-refractivity contribution in [3.05, 3.63) is 12.2 Å². The predicted molar refractivity (Wildman–Crippen MR) is 65.4 cm³/mol. The van der Waals surface area contributed by atoms with Gasteiger partial charge >= 0.3 is 5.97 Å². The van der Waals surface area contributed by atoms with Gasteiger partial charge in [-0.25, -0.2) is 4.79 Å². The van der Waals surface area contributed by atoms with Gasteiger partial charge in [-0.05, 0) is 26.7 Å². The van der Waals surface area contributed by atoms with Crippen LogP contribution in [0.15, 0.2) is 12.2 Å². The van der Waals surface area contributed by atoms with E-state index in [2.05, 4.69) is 20.4 Å². The van der Waals surface area contributed by atoms with E-state index >= 15 is 0 Å². The fourth-order valence-electron chi connectivity index (χ4n) is 5.24. The molecule has 5 rings (SSSR count). The topological polar surface area (TPSA) is 51.4 Å². The van der Waals surface area contributed by atoms with Crippen molar-refractivity contribution in [2.75, 3.05) is 0 Å². The van der Waals surface area contributed by atoms with Crippen molar-refractivity contribution in [2.24, 2.45) is 11.8 Å². The van der Waals surface area contributed by atoms with Crippen molar-refractivity contribution in [3.8, 4) is 0 Å². The number of hydrogen-bond donors (Lipinski definition) is 0. The lowest BCUT2D eigenvalue weighted by Gasteiger charge is -2.30. The summed E-state index contributed by atoms with van der Waals surface area (Å²) in [5, 5.41) is 0. The number of hydrogen-bond acceptors (Lipinski definition) is 4. The van der Waals surface area contributed by atoms with Crippen molar-refractivity contribution in [1.29, 1.82) is 0 Å². The summed E-state index contributed by atoms with van der Waals surface area (Å²) in [5.41, 5.74) is 0.331. The summed E-state index contributed by atoms with van der Waals surface area (Å²) in [6.45, 7) is 8.30. The molecule has 102 valence electrons. The van der Waals surface area contributed by atoms with Crippen LogP contribution in [0.1, 0.15) is 33.1 Å². The van der Waals surface area contributed by atoms with Gasteiger partial charge in [0, 0.05) is 17.9 Å². The molecule has 2 saturated carbocycles. The first kappa shape index (κ1) is 10.9. The summed E-state index contributed by atoms with van der Waals surface area (Å²) in [5.74, 6) is 0.107. The van der Waals surface area contributed by atoms with Crippen LogP contribution < -0.4 is 0 Å². The Morgan fingerprint density at radius 2 is 2.16 bits per heavy atom.